The summed E-state index contributed by atoms with van der Waals surface area (Å²) >= 11 is 1.82. The molecule has 1 aliphatic heterocycles. The number of thiazole rings is 1. The number of hydrogen-bond acceptors (Lipinski definition) is 4. The molecule has 2 rings (SSSR count). The molecule has 2 N–H and O–H groups in total. The van der Waals surface area contributed by atoms with E-state index in [0.29, 0.717) is 24.4 Å². The summed E-state index contributed by atoms with van der Waals surface area (Å²) in [6.07, 6.45) is 2.50. The van der Waals surface area contributed by atoms with Gasteiger partial charge in [0.15, 0.2) is 0 Å². The predicted molar refractivity (Wildman–Crippen MR) is 78.3 cm³/mol. The van der Waals surface area contributed by atoms with E-state index in [1.807, 2.05) is 11.3 Å². The van der Waals surface area contributed by atoms with Crippen molar-refractivity contribution >= 4 is 11.3 Å². The van der Waals surface area contributed by atoms with Crippen molar-refractivity contribution in [2.45, 2.75) is 51.5 Å². The molecule has 1 aromatic rings. The quantitative estimate of drug-likeness (QED) is 0.912. The Kier molecular flexibility index (Phi) is 4.76. The molecular formula is C14H25N3S. The number of hydrogen-bond donors (Lipinski definition) is 1. The standard InChI is InChI=1S/C14H25N3S/c1-10(2)17-6-4-12(5-7-17)14-16-13(9-18-14)11(3)8-15/h9-12H,4-8,15H2,1-3H3. The highest BCUT2D eigenvalue weighted by Crippen LogP contribution is 2.32. The van der Waals surface area contributed by atoms with E-state index in [9.17, 15) is 0 Å². The fraction of sp³-hybridized carbons (Fsp3) is 0.786. The minimum Gasteiger partial charge on any atom is -0.330 e. The smallest absolute Gasteiger partial charge is 0.0960 e. The normalized spacial score (nSPS) is 20.5. The summed E-state index contributed by atoms with van der Waals surface area (Å²) in [5.41, 5.74) is 6.89. The van der Waals surface area contributed by atoms with Gasteiger partial charge >= 0.3 is 0 Å². The van der Waals surface area contributed by atoms with E-state index in [2.05, 4.69) is 31.1 Å². The first kappa shape index (κ1) is 14.0. The minimum atomic E-state index is 0.394. The topological polar surface area (TPSA) is 42.1 Å². The highest BCUT2D eigenvalue weighted by Gasteiger charge is 2.24. The van der Waals surface area contributed by atoms with Crippen LogP contribution >= 0.6 is 11.3 Å². The second-order valence-electron chi connectivity index (χ2n) is 5.65. The maximum absolute atomic E-state index is 5.70. The Morgan fingerprint density at radius 1 is 1.39 bits per heavy atom. The number of rotatable bonds is 4. The Hall–Kier alpha value is -0.450. The maximum Gasteiger partial charge on any atom is 0.0960 e. The molecule has 1 fully saturated rings. The van der Waals surface area contributed by atoms with Gasteiger partial charge < -0.3 is 10.6 Å². The molecular weight excluding hydrogens is 242 g/mol. The van der Waals surface area contributed by atoms with Crippen LogP contribution in [0.15, 0.2) is 5.38 Å². The lowest BCUT2D eigenvalue weighted by molar-refractivity contribution is 0.171. The Morgan fingerprint density at radius 2 is 2.06 bits per heavy atom. The molecule has 0 spiro atoms. The summed E-state index contributed by atoms with van der Waals surface area (Å²) in [7, 11) is 0. The zero-order chi connectivity index (χ0) is 13.1. The van der Waals surface area contributed by atoms with Gasteiger partial charge in [0.2, 0.25) is 0 Å². The van der Waals surface area contributed by atoms with Crippen LogP contribution in [0.3, 0.4) is 0 Å². The first-order valence-electron chi connectivity index (χ1n) is 7.01. The van der Waals surface area contributed by atoms with Crippen molar-refractivity contribution in [3.63, 3.8) is 0 Å². The minimum absolute atomic E-state index is 0.394. The Bertz CT molecular complexity index is 367. The van der Waals surface area contributed by atoms with Crippen molar-refractivity contribution in [2.24, 2.45) is 5.73 Å². The molecule has 0 saturated carbocycles. The third-order valence-corrected chi connectivity index (χ3v) is 5.03. The summed E-state index contributed by atoms with van der Waals surface area (Å²) in [6.45, 7) is 9.83. The molecule has 0 aliphatic carbocycles. The van der Waals surface area contributed by atoms with Crippen molar-refractivity contribution < 1.29 is 0 Å². The zero-order valence-electron chi connectivity index (χ0n) is 11.7. The second kappa shape index (κ2) is 6.13. The van der Waals surface area contributed by atoms with E-state index in [4.69, 9.17) is 10.7 Å². The Labute approximate surface area is 114 Å². The van der Waals surface area contributed by atoms with E-state index >= 15 is 0 Å². The van der Waals surface area contributed by atoms with Gasteiger partial charge in [0.05, 0.1) is 10.7 Å². The van der Waals surface area contributed by atoms with Crippen LogP contribution in [-0.2, 0) is 0 Å². The average molecular weight is 267 g/mol. The summed E-state index contributed by atoms with van der Waals surface area (Å²) in [4.78, 5) is 7.36. The van der Waals surface area contributed by atoms with E-state index in [1.54, 1.807) is 0 Å². The fourth-order valence-electron chi connectivity index (χ4n) is 2.50. The highest BCUT2D eigenvalue weighted by atomic mass is 32.1. The third-order valence-electron chi connectivity index (χ3n) is 4.01. The number of piperidine rings is 1. The van der Waals surface area contributed by atoms with Crippen molar-refractivity contribution in [2.75, 3.05) is 19.6 Å². The molecule has 1 aromatic heterocycles. The molecule has 0 bridgehead atoms. The molecule has 18 heavy (non-hydrogen) atoms. The van der Waals surface area contributed by atoms with E-state index in [-0.39, 0.29) is 0 Å². The number of nitrogens with two attached hydrogens (primary N) is 1. The van der Waals surface area contributed by atoms with Crippen LogP contribution in [0.4, 0.5) is 0 Å². The molecule has 0 amide bonds. The lowest BCUT2D eigenvalue weighted by Gasteiger charge is -2.33. The zero-order valence-corrected chi connectivity index (χ0v) is 12.5. The second-order valence-corrected chi connectivity index (χ2v) is 6.54. The van der Waals surface area contributed by atoms with E-state index in [1.165, 1.54) is 36.6 Å². The van der Waals surface area contributed by atoms with E-state index in [0.717, 1.165) is 0 Å². The molecule has 4 heteroatoms. The van der Waals surface area contributed by atoms with Gasteiger partial charge in [0.25, 0.3) is 0 Å². The molecule has 0 aromatic carbocycles. The van der Waals surface area contributed by atoms with Crippen molar-refractivity contribution in [3.8, 4) is 0 Å². The van der Waals surface area contributed by atoms with Crippen molar-refractivity contribution in [1.82, 2.24) is 9.88 Å². The van der Waals surface area contributed by atoms with Crippen LogP contribution in [0.25, 0.3) is 0 Å². The molecule has 3 nitrogen and oxygen atoms in total. The largest absolute Gasteiger partial charge is 0.330 e. The van der Waals surface area contributed by atoms with Gasteiger partial charge in [0, 0.05) is 29.8 Å². The monoisotopic (exact) mass is 267 g/mol. The number of nitrogens with zero attached hydrogens (tertiary/aromatic N) is 2. The van der Waals surface area contributed by atoms with Crippen LogP contribution < -0.4 is 5.73 Å². The van der Waals surface area contributed by atoms with Gasteiger partial charge in [-0.15, -0.1) is 11.3 Å². The molecule has 1 aliphatic rings. The summed E-state index contributed by atoms with van der Waals surface area (Å²) < 4.78 is 0. The van der Waals surface area contributed by atoms with E-state index < -0.39 is 0 Å². The van der Waals surface area contributed by atoms with Crippen LogP contribution in [0, 0.1) is 0 Å². The first-order chi connectivity index (χ1) is 8.61. The first-order valence-corrected chi connectivity index (χ1v) is 7.89. The lowest BCUT2D eigenvalue weighted by atomic mass is 9.96. The number of aromatic nitrogens is 1. The van der Waals surface area contributed by atoms with Crippen molar-refractivity contribution in [1.29, 1.82) is 0 Å². The average Bonchev–Trinajstić information content (AvgIpc) is 2.87. The number of likely N-dealkylation sites (tertiary alicyclic amines) is 1. The summed E-state index contributed by atoms with van der Waals surface area (Å²) in [5.74, 6) is 1.06. The van der Waals surface area contributed by atoms with Gasteiger partial charge in [0.1, 0.15) is 0 Å². The molecule has 1 unspecified atom stereocenters. The van der Waals surface area contributed by atoms with Crippen LogP contribution in [0.5, 0.6) is 0 Å². The third kappa shape index (κ3) is 3.11. The Balaban J connectivity index is 1.95. The predicted octanol–water partition coefficient (Wildman–Crippen LogP) is 2.79. The molecule has 0 radical (unpaired) electrons. The molecule has 1 saturated heterocycles. The molecule has 102 valence electrons. The summed E-state index contributed by atoms with van der Waals surface area (Å²) in [5, 5.41) is 3.52. The van der Waals surface area contributed by atoms with Gasteiger partial charge in [-0.25, -0.2) is 4.98 Å². The SMILES string of the molecule is CC(CN)c1csc(C2CCN(C(C)C)CC2)n1. The van der Waals surface area contributed by atoms with Crippen LogP contribution in [0.1, 0.15) is 56.2 Å². The van der Waals surface area contributed by atoms with Gasteiger partial charge in [-0.2, -0.15) is 0 Å². The van der Waals surface area contributed by atoms with Gasteiger partial charge in [-0.1, -0.05) is 6.92 Å². The lowest BCUT2D eigenvalue weighted by Crippen LogP contribution is -2.37. The maximum atomic E-state index is 5.70. The van der Waals surface area contributed by atoms with Gasteiger partial charge in [-0.3, -0.25) is 0 Å². The Morgan fingerprint density at radius 3 is 2.61 bits per heavy atom. The highest BCUT2D eigenvalue weighted by molar-refractivity contribution is 7.09. The molecule has 1 atom stereocenters. The van der Waals surface area contributed by atoms with Crippen molar-refractivity contribution in [3.05, 3.63) is 16.1 Å². The summed E-state index contributed by atoms with van der Waals surface area (Å²) in [6, 6.07) is 0.676. The van der Waals surface area contributed by atoms with Crippen LogP contribution in [0.2, 0.25) is 0 Å². The van der Waals surface area contributed by atoms with Gasteiger partial charge in [-0.05, 0) is 39.8 Å². The molecule has 2 heterocycles. The van der Waals surface area contributed by atoms with Crippen LogP contribution in [-0.4, -0.2) is 35.6 Å². The fourth-order valence-corrected chi connectivity index (χ4v) is 3.61.